The molecule has 1 saturated carbocycles. The molecule has 0 radical (unpaired) electrons. The topological polar surface area (TPSA) is 56.1 Å². The van der Waals surface area contributed by atoms with Gasteiger partial charge in [-0.1, -0.05) is 39.5 Å². The van der Waals surface area contributed by atoms with Crippen molar-refractivity contribution in [2.45, 2.75) is 58.8 Å². The van der Waals surface area contributed by atoms with E-state index in [2.05, 4.69) is 30.1 Å². The highest BCUT2D eigenvalue weighted by Gasteiger charge is 2.38. The van der Waals surface area contributed by atoms with Crippen LogP contribution in [0.5, 0.6) is 0 Å². The van der Waals surface area contributed by atoms with E-state index in [0.717, 1.165) is 64.6 Å². The Kier molecular flexibility index (Phi) is 7.61. The lowest BCUT2D eigenvalue weighted by atomic mass is 9.81. The first-order chi connectivity index (χ1) is 9.68. The van der Waals surface area contributed by atoms with Crippen LogP contribution in [0.2, 0.25) is 0 Å². The maximum atomic E-state index is 12.3. The molecule has 0 heterocycles. The summed E-state index contributed by atoms with van der Waals surface area (Å²) in [7, 11) is 0. The van der Waals surface area contributed by atoms with Crippen LogP contribution in [-0.2, 0) is 4.79 Å². The van der Waals surface area contributed by atoms with Gasteiger partial charge in [-0.15, -0.1) is 0 Å². The number of nitrogens with zero attached hydrogens (tertiary/aromatic N) is 2. The lowest BCUT2D eigenvalue weighted by Gasteiger charge is -2.24. The van der Waals surface area contributed by atoms with Gasteiger partial charge in [0.25, 0.3) is 0 Å². The summed E-state index contributed by atoms with van der Waals surface area (Å²) in [6, 6.07) is 2.31. The summed E-state index contributed by atoms with van der Waals surface area (Å²) in [6.07, 6.45) is 6.71. The Hall–Kier alpha value is -1.08. The normalized spacial score (nSPS) is 18.3. The molecule has 114 valence electrons. The molecule has 0 aromatic heterocycles. The van der Waals surface area contributed by atoms with E-state index < -0.39 is 5.41 Å². The first-order valence-electron chi connectivity index (χ1n) is 8.10. The average molecular weight is 279 g/mol. The molecule has 1 amide bonds. The second-order valence-corrected chi connectivity index (χ2v) is 5.74. The van der Waals surface area contributed by atoms with Gasteiger partial charge in [0.2, 0.25) is 5.91 Å². The molecular formula is C16H29N3O. The molecule has 0 bridgehead atoms. The smallest absolute Gasteiger partial charge is 0.240 e. The van der Waals surface area contributed by atoms with E-state index in [1.807, 2.05) is 0 Å². The Labute approximate surface area is 123 Å². The zero-order valence-electron chi connectivity index (χ0n) is 13.1. The highest BCUT2D eigenvalue weighted by Crippen LogP contribution is 2.34. The second-order valence-electron chi connectivity index (χ2n) is 5.74. The van der Waals surface area contributed by atoms with Gasteiger partial charge in [-0.2, -0.15) is 5.26 Å². The van der Waals surface area contributed by atoms with Gasteiger partial charge in [-0.3, -0.25) is 4.79 Å². The molecule has 0 aliphatic heterocycles. The van der Waals surface area contributed by atoms with Crippen molar-refractivity contribution in [1.29, 1.82) is 5.26 Å². The molecule has 1 aliphatic carbocycles. The molecule has 0 aromatic rings. The molecule has 20 heavy (non-hydrogen) atoms. The highest BCUT2D eigenvalue weighted by atomic mass is 16.2. The van der Waals surface area contributed by atoms with Crippen LogP contribution in [0, 0.1) is 16.7 Å². The summed E-state index contributed by atoms with van der Waals surface area (Å²) in [5, 5.41) is 12.4. The van der Waals surface area contributed by atoms with Gasteiger partial charge in [0.15, 0.2) is 0 Å². The fourth-order valence-corrected chi connectivity index (χ4v) is 2.94. The van der Waals surface area contributed by atoms with Crippen LogP contribution < -0.4 is 5.32 Å². The minimum atomic E-state index is -0.758. The lowest BCUT2D eigenvalue weighted by molar-refractivity contribution is -0.128. The molecule has 0 aromatic carbocycles. The van der Waals surface area contributed by atoms with Gasteiger partial charge in [-0.25, -0.2) is 0 Å². The monoisotopic (exact) mass is 279 g/mol. The van der Waals surface area contributed by atoms with Crippen LogP contribution in [0.4, 0.5) is 0 Å². The number of rotatable bonds is 7. The largest absolute Gasteiger partial charge is 0.355 e. The summed E-state index contributed by atoms with van der Waals surface area (Å²) < 4.78 is 0. The van der Waals surface area contributed by atoms with Crippen molar-refractivity contribution < 1.29 is 4.79 Å². The molecule has 1 N–H and O–H groups in total. The average Bonchev–Trinajstić information content (AvgIpc) is 2.73. The zero-order chi connectivity index (χ0) is 14.8. The van der Waals surface area contributed by atoms with Crippen molar-refractivity contribution in [2.75, 3.05) is 26.2 Å². The molecule has 0 atom stereocenters. The lowest BCUT2D eigenvalue weighted by Crippen LogP contribution is -2.41. The zero-order valence-corrected chi connectivity index (χ0v) is 13.1. The van der Waals surface area contributed by atoms with Crippen molar-refractivity contribution in [1.82, 2.24) is 10.2 Å². The number of nitrogens with one attached hydrogen (secondary N) is 1. The van der Waals surface area contributed by atoms with Crippen molar-refractivity contribution in [3.63, 3.8) is 0 Å². The second kappa shape index (κ2) is 8.97. The Morgan fingerprint density at radius 3 is 2.30 bits per heavy atom. The maximum absolute atomic E-state index is 12.3. The van der Waals surface area contributed by atoms with Gasteiger partial charge in [-0.05, 0) is 38.9 Å². The molecular weight excluding hydrogens is 250 g/mol. The van der Waals surface area contributed by atoms with Crippen LogP contribution in [-0.4, -0.2) is 37.0 Å². The predicted octanol–water partition coefficient (Wildman–Crippen LogP) is 2.70. The third-order valence-corrected chi connectivity index (χ3v) is 4.44. The molecule has 1 fully saturated rings. The fraction of sp³-hybridized carbons (Fsp3) is 0.875. The van der Waals surface area contributed by atoms with E-state index in [-0.39, 0.29) is 5.91 Å². The van der Waals surface area contributed by atoms with Gasteiger partial charge in [0.05, 0.1) is 6.07 Å². The van der Waals surface area contributed by atoms with E-state index in [4.69, 9.17) is 0 Å². The first kappa shape index (κ1) is 17.0. The van der Waals surface area contributed by atoms with Crippen LogP contribution in [0.3, 0.4) is 0 Å². The van der Waals surface area contributed by atoms with Crippen LogP contribution in [0.1, 0.15) is 58.8 Å². The van der Waals surface area contributed by atoms with Crippen LogP contribution in [0.15, 0.2) is 0 Å². The molecule has 1 aliphatic rings. The Balaban J connectivity index is 2.38. The Bertz CT molecular complexity index is 323. The van der Waals surface area contributed by atoms with Crippen LogP contribution >= 0.6 is 0 Å². The minimum Gasteiger partial charge on any atom is -0.355 e. The van der Waals surface area contributed by atoms with E-state index in [0.29, 0.717) is 6.54 Å². The standard InChI is InChI=1S/C16H29N3O/c1-3-19(4-2)13-9-12-18-15(20)16(14-17)10-7-5-6-8-11-16/h3-13H2,1-2H3,(H,18,20). The number of hydrogen-bond donors (Lipinski definition) is 1. The molecule has 0 saturated heterocycles. The molecule has 4 heteroatoms. The van der Waals surface area contributed by atoms with E-state index >= 15 is 0 Å². The van der Waals surface area contributed by atoms with Crippen molar-refractivity contribution in [2.24, 2.45) is 5.41 Å². The molecule has 0 spiro atoms. The SMILES string of the molecule is CCN(CC)CCCNC(=O)C1(C#N)CCCCCC1. The van der Waals surface area contributed by atoms with E-state index in [1.165, 1.54) is 0 Å². The van der Waals surface area contributed by atoms with Crippen molar-refractivity contribution >= 4 is 5.91 Å². The van der Waals surface area contributed by atoms with Gasteiger partial charge >= 0.3 is 0 Å². The quantitative estimate of drug-likeness (QED) is 0.576. The Morgan fingerprint density at radius 1 is 1.20 bits per heavy atom. The van der Waals surface area contributed by atoms with Gasteiger partial charge in [0, 0.05) is 6.54 Å². The van der Waals surface area contributed by atoms with Crippen LogP contribution in [0.25, 0.3) is 0 Å². The maximum Gasteiger partial charge on any atom is 0.240 e. The van der Waals surface area contributed by atoms with Gasteiger partial charge in [0.1, 0.15) is 5.41 Å². The fourth-order valence-electron chi connectivity index (χ4n) is 2.94. The summed E-state index contributed by atoms with van der Waals surface area (Å²) in [6.45, 7) is 8.08. The highest BCUT2D eigenvalue weighted by molar-refractivity contribution is 5.85. The summed E-state index contributed by atoms with van der Waals surface area (Å²) >= 11 is 0. The Morgan fingerprint density at radius 2 is 1.80 bits per heavy atom. The predicted molar refractivity (Wildman–Crippen MR) is 81.2 cm³/mol. The number of hydrogen-bond acceptors (Lipinski definition) is 3. The van der Waals surface area contributed by atoms with Crippen molar-refractivity contribution in [3.8, 4) is 6.07 Å². The summed E-state index contributed by atoms with van der Waals surface area (Å²) in [4.78, 5) is 14.7. The minimum absolute atomic E-state index is 0.0403. The van der Waals surface area contributed by atoms with Crippen molar-refractivity contribution in [3.05, 3.63) is 0 Å². The molecule has 4 nitrogen and oxygen atoms in total. The number of carbonyl (C=O) groups excluding carboxylic acids is 1. The third kappa shape index (κ3) is 4.79. The third-order valence-electron chi connectivity index (χ3n) is 4.44. The number of carbonyl (C=O) groups is 1. The number of nitriles is 1. The molecule has 1 rings (SSSR count). The molecule has 0 unspecified atom stereocenters. The number of amides is 1. The summed E-state index contributed by atoms with van der Waals surface area (Å²) in [5.74, 6) is -0.0403. The van der Waals surface area contributed by atoms with E-state index in [9.17, 15) is 10.1 Å². The first-order valence-corrected chi connectivity index (χ1v) is 8.10. The van der Waals surface area contributed by atoms with Gasteiger partial charge < -0.3 is 10.2 Å². The summed E-state index contributed by atoms with van der Waals surface area (Å²) in [5.41, 5.74) is -0.758. The van der Waals surface area contributed by atoms with E-state index in [1.54, 1.807) is 0 Å².